The Kier molecular flexibility index (Phi) is 4.53. The normalized spacial score (nSPS) is 18.4. The summed E-state index contributed by atoms with van der Waals surface area (Å²) in [5.74, 6) is 0.681. The number of hydrogen-bond acceptors (Lipinski definition) is 5. The van der Waals surface area contributed by atoms with E-state index in [1.165, 1.54) is 0 Å². The van der Waals surface area contributed by atoms with Crippen LogP contribution in [0.4, 0.5) is 5.82 Å². The van der Waals surface area contributed by atoms with Gasteiger partial charge in [-0.1, -0.05) is 0 Å². The minimum Gasteiger partial charge on any atom is -0.355 e. The third kappa shape index (κ3) is 3.06. The van der Waals surface area contributed by atoms with Gasteiger partial charge in [-0.25, -0.2) is 4.98 Å². The fourth-order valence-electron chi connectivity index (χ4n) is 2.37. The summed E-state index contributed by atoms with van der Waals surface area (Å²) in [6.07, 6.45) is 0. The Morgan fingerprint density at radius 2 is 2.45 bits per heavy atom. The summed E-state index contributed by atoms with van der Waals surface area (Å²) in [4.78, 5) is 18.6. The SMILES string of the molecule is CCNC(=O)C1CNCCN1c1cc(C#N)cc(C)n1. The molecule has 6 heteroatoms. The number of aryl methyl sites for hydroxylation is 1. The number of amides is 1. The van der Waals surface area contributed by atoms with E-state index in [1.807, 2.05) is 18.7 Å². The molecule has 20 heavy (non-hydrogen) atoms. The topological polar surface area (TPSA) is 81.0 Å². The second-order valence-electron chi connectivity index (χ2n) is 4.78. The highest BCUT2D eigenvalue weighted by atomic mass is 16.2. The van der Waals surface area contributed by atoms with E-state index in [1.54, 1.807) is 12.1 Å². The standard InChI is InChI=1S/C14H19N5O/c1-3-17-14(20)12-9-16-4-5-19(12)13-7-11(8-15)6-10(2)18-13/h6-7,12,16H,3-5,9H2,1-2H3,(H,17,20). The van der Waals surface area contributed by atoms with Gasteiger partial charge in [0.05, 0.1) is 11.6 Å². The quantitative estimate of drug-likeness (QED) is 0.821. The summed E-state index contributed by atoms with van der Waals surface area (Å²) < 4.78 is 0. The number of carbonyl (C=O) groups excluding carboxylic acids is 1. The second kappa shape index (κ2) is 6.35. The molecule has 1 aromatic heterocycles. The predicted molar refractivity (Wildman–Crippen MR) is 76.4 cm³/mol. The monoisotopic (exact) mass is 273 g/mol. The zero-order chi connectivity index (χ0) is 14.5. The minimum atomic E-state index is -0.287. The van der Waals surface area contributed by atoms with E-state index in [0.29, 0.717) is 31.0 Å². The van der Waals surface area contributed by atoms with Crippen LogP contribution < -0.4 is 15.5 Å². The van der Waals surface area contributed by atoms with Gasteiger partial charge in [0.25, 0.3) is 0 Å². The Bertz CT molecular complexity index is 537. The van der Waals surface area contributed by atoms with E-state index in [9.17, 15) is 4.79 Å². The minimum absolute atomic E-state index is 0.0125. The third-order valence-electron chi connectivity index (χ3n) is 3.26. The largest absolute Gasteiger partial charge is 0.355 e. The van der Waals surface area contributed by atoms with Crippen molar-refractivity contribution in [3.63, 3.8) is 0 Å². The Hall–Kier alpha value is -2.13. The lowest BCUT2D eigenvalue weighted by Crippen LogP contribution is -2.58. The summed E-state index contributed by atoms with van der Waals surface area (Å²) in [6, 6.07) is 5.33. The summed E-state index contributed by atoms with van der Waals surface area (Å²) in [6.45, 7) is 6.44. The van der Waals surface area contributed by atoms with Crippen LogP contribution in [0.3, 0.4) is 0 Å². The van der Waals surface area contributed by atoms with E-state index in [4.69, 9.17) is 5.26 Å². The van der Waals surface area contributed by atoms with Gasteiger partial charge in [-0.05, 0) is 26.0 Å². The molecule has 1 atom stereocenters. The number of nitriles is 1. The zero-order valence-corrected chi connectivity index (χ0v) is 11.8. The van der Waals surface area contributed by atoms with Gasteiger partial charge < -0.3 is 15.5 Å². The van der Waals surface area contributed by atoms with Crippen LogP contribution >= 0.6 is 0 Å². The molecule has 1 aliphatic heterocycles. The van der Waals surface area contributed by atoms with Crippen LogP contribution in [0.15, 0.2) is 12.1 Å². The average Bonchev–Trinajstić information content (AvgIpc) is 2.46. The van der Waals surface area contributed by atoms with Crippen LogP contribution in [0, 0.1) is 18.3 Å². The fraction of sp³-hybridized carbons (Fsp3) is 0.500. The molecule has 0 radical (unpaired) electrons. The first-order valence-electron chi connectivity index (χ1n) is 6.79. The Morgan fingerprint density at radius 3 is 3.15 bits per heavy atom. The lowest BCUT2D eigenvalue weighted by atomic mass is 10.1. The van der Waals surface area contributed by atoms with Crippen molar-refractivity contribution in [1.82, 2.24) is 15.6 Å². The van der Waals surface area contributed by atoms with Gasteiger partial charge >= 0.3 is 0 Å². The van der Waals surface area contributed by atoms with E-state index in [2.05, 4.69) is 21.7 Å². The highest BCUT2D eigenvalue weighted by molar-refractivity contribution is 5.85. The fourth-order valence-corrected chi connectivity index (χ4v) is 2.37. The van der Waals surface area contributed by atoms with Crippen molar-refractivity contribution in [2.24, 2.45) is 0 Å². The molecule has 6 nitrogen and oxygen atoms in total. The number of rotatable bonds is 3. The van der Waals surface area contributed by atoms with E-state index in [-0.39, 0.29) is 11.9 Å². The number of likely N-dealkylation sites (N-methyl/N-ethyl adjacent to an activating group) is 1. The smallest absolute Gasteiger partial charge is 0.244 e. The molecule has 2 heterocycles. The van der Waals surface area contributed by atoms with Crippen LogP contribution in [0.1, 0.15) is 18.2 Å². The van der Waals surface area contributed by atoms with Gasteiger partial charge in [0.2, 0.25) is 5.91 Å². The van der Waals surface area contributed by atoms with Crippen LogP contribution in [0.2, 0.25) is 0 Å². The number of nitrogens with zero attached hydrogens (tertiary/aromatic N) is 3. The number of piperazine rings is 1. The average molecular weight is 273 g/mol. The molecule has 1 unspecified atom stereocenters. The van der Waals surface area contributed by atoms with Crippen molar-refractivity contribution in [3.8, 4) is 6.07 Å². The molecule has 2 N–H and O–H groups in total. The Morgan fingerprint density at radius 1 is 1.65 bits per heavy atom. The van der Waals surface area contributed by atoms with Crippen molar-refractivity contribution in [3.05, 3.63) is 23.4 Å². The van der Waals surface area contributed by atoms with Gasteiger partial charge in [-0.2, -0.15) is 5.26 Å². The van der Waals surface area contributed by atoms with Crippen LogP contribution in [0.5, 0.6) is 0 Å². The van der Waals surface area contributed by atoms with Crippen molar-refractivity contribution < 1.29 is 4.79 Å². The number of pyridine rings is 1. The maximum absolute atomic E-state index is 12.1. The number of nitrogens with one attached hydrogen (secondary N) is 2. The molecule has 106 valence electrons. The summed E-state index contributed by atoms with van der Waals surface area (Å²) in [5, 5.41) is 15.1. The molecule has 1 saturated heterocycles. The van der Waals surface area contributed by atoms with E-state index < -0.39 is 0 Å². The maximum atomic E-state index is 12.1. The highest BCUT2D eigenvalue weighted by Gasteiger charge is 2.29. The molecule has 1 amide bonds. The number of carbonyl (C=O) groups is 1. The molecule has 0 saturated carbocycles. The van der Waals surface area contributed by atoms with Crippen molar-refractivity contribution in [2.75, 3.05) is 31.1 Å². The lowest BCUT2D eigenvalue weighted by Gasteiger charge is -2.36. The predicted octanol–water partition coefficient (Wildman–Crippen LogP) is 0.176. The number of hydrogen-bond donors (Lipinski definition) is 2. The first kappa shape index (κ1) is 14.3. The first-order chi connectivity index (χ1) is 9.65. The van der Waals surface area contributed by atoms with Crippen molar-refractivity contribution in [1.29, 1.82) is 5.26 Å². The van der Waals surface area contributed by atoms with Gasteiger partial charge in [0, 0.05) is 31.9 Å². The molecule has 1 aliphatic rings. The molecular weight excluding hydrogens is 254 g/mol. The number of anilines is 1. The third-order valence-corrected chi connectivity index (χ3v) is 3.26. The van der Waals surface area contributed by atoms with Gasteiger partial charge in [-0.15, -0.1) is 0 Å². The molecule has 0 aromatic carbocycles. The molecular formula is C14H19N5O. The molecule has 0 aliphatic carbocycles. The summed E-state index contributed by atoms with van der Waals surface area (Å²) >= 11 is 0. The zero-order valence-electron chi connectivity index (χ0n) is 11.8. The Labute approximate surface area is 118 Å². The molecule has 1 aromatic rings. The lowest BCUT2D eigenvalue weighted by molar-refractivity contribution is -0.122. The molecule has 2 rings (SSSR count). The second-order valence-corrected chi connectivity index (χ2v) is 4.78. The first-order valence-corrected chi connectivity index (χ1v) is 6.79. The van der Waals surface area contributed by atoms with Gasteiger partial charge in [-0.3, -0.25) is 4.79 Å². The van der Waals surface area contributed by atoms with E-state index >= 15 is 0 Å². The summed E-state index contributed by atoms with van der Waals surface area (Å²) in [7, 11) is 0. The van der Waals surface area contributed by atoms with E-state index in [0.717, 1.165) is 12.2 Å². The summed E-state index contributed by atoms with van der Waals surface area (Å²) in [5.41, 5.74) is 1.35. The van der Waals surface area contributed by atoms with Crippen molar-refractivity contribution >= 4 is 11.7 Å². The number of aromatic nitrogens is 1. The maximum Gasteiger partial charge on any atom is 0.244 e. The van der Waals surface area contributed by atoms with Gasteiger partial charge in [0.15, 0.2) is 0 Å². The van der Waals surface area contributed by atoms with Gasteiger partial charge in [0.1, 0.15) is 11.9 Å². The van der Waals surface area contributed by atoms with Crippen LogP contribution in [0.25, 0.3) is 0 Å². The molecule has 0 spiro atoms. The Balaban J connectivity index is 2.30. The van der Waals surface area contributed by atoms with Crippen LogP contribution in [-0.2, 0) is 4.79 Å². The molecule has 0 bridgehead atoms. The van der Waals surface area contributed by atoms with Crippen molar-refractivity contribution in [2.45, 2.75) is 19.9 Å². The van der Waals surface area contributed by atoms with Crippen LogP contribution in [-0.4, -0.2) is 43.1 Å². The molecule has 1 fully saturated rings. The highest BCUT2D eigenvalue weighted by Crippen LogP contribution is 2.18.